The number of benzene rings is 3. The number of hydrogen-bond donors (Lipinski definition) is 0. The first-order valence-corrected chi connectivity index (χ1v) is 9.15. The van der Waals surface area contributed by atoms with Crippen LogP contribution in [-0.4, -0.2) is 0 Å². The minimum atomic E-state index is 0.642. The highest BCUT2D eigenvalue weighted by molar-refractivity contribution is 5.90. The van der Waals surface area contributed by atoms with E-state index in [4.69, 9.17) is 0 Å². The van der Waals surface area contributed by atoms with Crippen molar-refractivity contribution >= 4 is 10.8 Å². The van der Waals surface area contributed by atoms with E-state index in [0.29, 0.717) is 11.8 Å². The smallest absolute Gasteiger partial charge is 0.0120 e. The largest absolute Gasteiger partial charge is 0.0617 e. The van der Waals surface area contributed by atoms with E-state index in [-0.39, 0.29) is 0 Å². The molecule has 3 aromatic carbocycles. The van der Waals surface area contributed by atoms with E-state index in [1.165, 1.54) is 45.9 Å². The molecule has 0 nitrogen and oxygen atoms in total. The third-order valence-electron chi connectivity index (χ3n) is 4.98. The lowest BCUT2D eigenvalue weighted by atomic mass is 9.96. The average molecular weight is 316 g/mol. The monoisotopic (exact) mass is 316 g/mol. The van der Waals surface area contributed by atoms with Crippen molar-refractivity contribution in [2.45, 2.75) is 52.4 Å². The molecule has 1 aliphatic carbocycles. The number of aryl methyl sites for hydroxylation is 2. The van der Waals surface area contributed by atoms with Crippen LogP contribution in [0.3, 0.4) is 0 Å². The van der Waals surface area contributed by atoms with Gasteiger partial charge < -0.3 is 0 Å². The van der Waals surface area contributed by atoms with Crippen LogP contribution in [0.15, 0.2) is 60.7 Å². The van der Waals surface area contributed by atoms with E-state index in [2.05, 4.69) is 88.4 Å². The van der Waals surface area contributed by atoms with Gasteiger partial charge in [-0.2, -0.15) is 0 Å². The van der Waals surface area contributed by atoms with E-state index in [0.717, 1.165) is 0 Å². The molecule has 1 aliphatic rings. The van der Waals surface area contributed by atoms with Crippen LogP contribution in [0.2, 0.25) is 0 Å². The van der Waals surface area contributed by atoms with Crippen LogP contribution in [0.1, 0.15) is 61.8 Å². The molecule has 0 bridgehead atoms. The summed E-state index contributed by atoms with van der Waals surface area (Å²) in [5.41, 5.74) is 5.95. The van der Waals surface area contributed by atoms with Gasteiger partial charge in [-0.3, -0.25) is 0 Å². The number of hydrogen-bond acceptors (Lipinski definition) is 0. The molecule has 3 aromatic rings. The molecule has 0 amide bonds. The Bertz CT molecular complexity index is 762. The molecule has 0 unspecified atom stereocenters. The minimum Gasteiger partial charge on any atom is -0.0617 e. The molecule has 0 radical (unpaired) electrons. The first-order chi connectivity index (χ1) is 11.6. The molecule has 0 heteroatoms. The van der Waals surface area contributed by atoms with Crippen LogP contribution in [0.5, 0.6) is 0 Å². The van der Waals surface area contributed by atoms with Gasteiger partial charge in [-0.1, -0.05) is 88.4 Å². The Balaban J connectivity index is 0.000000141. The third-order valence-corrected chi connectivity index (χ3v) is 4.98. The second kappa shape index (κ2) is 7.21. The van der Waals surface area contributed by atoms with Crippen LogP contribution in [0, 0.1) is 0 Å². The van der Waals surface area contributed by atoms with Crippen molar-refractivity contribution < 1.29 is 0 Å². The zero-order valence-electron chi connectivity index (χ0n) is 15.3. The molecule has 0 heterocycles. The highest BCUT2D eigenvalue weighted by atomic mass is 14.2. The summed E-state index contributed by atoms with van der Waals surface area (Å²) in [5, 5.41) is 2.92. The van der Waals surface area contributed by atoms with Crippen molar-refractivity contribution in [3.63, 3.8) is 0 Å². The van der Waals surface area contributed by atoms with Crippen LogP contribution < -0.4 is 0 Å². The fourth-order valence-electron chi connectivity index (χ4n) is 3.47. The zero-order valence-corrected chi connectivity index (χ0v) is 15.3. The Hall–Kier alpha value is -2.08. The molecule has 124 valence electrons. The van der Waals surface area contributed by atoms with Crippen molar-refractivity contribution in [1.29, 1.82) is 0 Å². The maximum absolute atomic E-state index is 2.31. The molecule has 24 heavy (non-hydrogen) atoms. The first-order valence-electron chi connectivity index (χ1n) is 9.15. The lowest BCUT2D eigenvalue weighted by Crippen LogP contribution is -1.91. The van der Waals surface area contributed by atoms with E-state index in [1.54, 1.807) is 0 Å². The van der Waals surface area contributed by atoms with Gasteiger partial charge in [-0.05, 0) is 57.7 Å². The predicted molar refractivity (Wildman–Crippen MR) is 106 cm³/mol. The summed E-state index contributed by atoms with van der Waals surface area (Å²) in [5.74, 6) is 1.28. The Morgan fingerprint density at radius 2 is 1.08 bits per heavy atom. The van der Waals surface area contributed by atoms with Crippen molar-refractivity contribution in [3.05, 3.63) is 82.9 Å². The topological polar surface area (TPSA) is 0 Å². The summed E-state index contributed by atoms with van der Waals surface area (Å²) in [6, 6.07) is 22.1. The fourth-order valence-corrected chi connectivity index (χ4v) is 3.47. The van der Waals surface area contributed by atoms with Crippen molar-refractivity contribution in [1.82, 2.24) is 0 Å². The van der Waals surface area contributed by atoms with Crippen LogP contribution >= 0.6 is 0 Å². The van der Waals surface area contributed by atoms with E-state index in [1.807, 2.05) is 0 Å². The minimum absolute atomic E-state index is 0.642. The van der Waals surface area contributed by atoms with Gasteiger partial charge in [-0.15, -0.1) is 0 Å². The fraction of sp³-hybridized carbons (Fsp3) is 0.333. The lowest BCUT2D eigenvalue weighted by Gasteiger charge is -2.09. The average Bonchev–Trinajstić information content (AvgIpc) is 3.01. The standard InChI is InChI=1S/C12H10.C12H18/c1-3-9-4-2-6-11-8-7-10(5-1)12(9)11;1-9(2)11-6-5-7-12(8-11)10(3)4/h1-6H,7-8H2;5-10H,1-4H3. The molecule has 0 saturated carbocycles. The molecular formula is C24H28. The molecule has 0 aliphatic heterocycles. The van der Waals surface area contributed by atoms with Crippen LogP contribution in [0.4, 0.5) is 0 Å². The summed E-state index contributed by atoms with van der Waals surface area (Å²) >= 11 is 0. The Morgan fingerprint density at radius 3 is 1.54 bits per heavy atom. The van der Waals surface area contributed by atoms with Crippen molar-refractivity contribution in [3.8, 4) is 0 Å². The molecule has 0 N–H and O–H groups in total. The molecule has 4 rings (SSSR count). The van der Waals surface area contributed by atoms with E-state index >= 15 is 0 Å². The summed E-state index contributed by atoms with van der Waals surface area (Å²) in [6.07, 6.45) is 2.47. The lowest BCUT2D eigenvalue weighted by molar-refractivity contribution is 0.834. The maximum Gasteiger partial charge on any atom is -0.0120 e. The van der Waals surface area contributed by atoms with Gasteiger partial charge in [0.1, 0.15) is 0 Å². The molecule has 0 aromatic heterocycles. The highest BCUT2D eigenvalue weighted by Crippen LogP contribution is 2.30. The Labute approximate surface area is 146 Å². The summed E-state index contributed by atoms with van der Waals surface area (Å²) < 4.78 is 0. The Kier molecular flexibility index (Phi) is 5.04. The predicted octanol–water partition coefficient (Wildman–Crippen LogP) is 6.87. The SMILES string of the molecule is CC(C)c1cccc(C(C)C)c1.c1cc2c3c(cccc3c1)CC2. The second-order valence-electron chi connectivity index (χ2n) is 7.41. The number of rotatable bonds is 2. The molecule has 0 atom stereocenters. The van der Waals surface area contributed by atoms with Crippen molar-refractivity contribution in [2.24, 2.45) is 0 Å². The van der Waals surface area contributed by atoms with Gasteiger partial charge >= 0.3 is 0 Å². The second-order valence-corrected chi connectivity index (χ2v) is 7.41. The van der Waals surface area contributed by atoms with Gasteiger partial charge in [0, 0.05) is 0 Å². The third kappa shape index (κ3) is 3.53. The first kappa shape index (κ1) is 16.8. The van der Waals surface area contributed by atoms with Gasteiger partial charge in [0.25, 0.3) is 0 Å². The normalized spacial score (nSPS) is 12.6. The van der Waals surface area contributed by atoms with Gasteiger partial charge in [0.15, 0.2) is 0 Å². The summed E-state index contributed by atoms with van der Waals surface area (Å²) in [4.78, 5) is 0. The Morgan fingerprint density at radius 1 is 0.625 bits per heavy atom. The zero-order chi connectivity index (χ0) is 17.1. The van der Waals surface area contributed by atoms with E-state index in [9.17, 15) is 0 Å². The highest BCUT2D eigenvalue weighted by Gasteiger charge is 2.12. The van der Waals surface area contributed by atoms with E-state index < -0.39 is 0 Å². The summed E-state index contributed by atoms with van der Waals surface area (Å²) in [7, 11) is 0. The quantitative estimate of drug-likeness (QED) is 0.484. The molecule has 0 spiro atoms. The molecular weight excluding hydrogens is 288 g/mol. The van der Waals surface area contributed by atoms with Crippen LogP contribution in [-0.2, 0) is 12.8 Å². The van der Waals surface area contributed by atoms with Gasteiger partial charge in [0.2, 0.25) is 0 Å². The molecule has 0 fully saturated rings. The summed E-state index contributed by atoms with van der Waals surface area (Å²) in [6.45, 7) is 8.94. The maximum atomic E-state index is 2.31. The van der Waals surface area contributed by atoms with Crippen molar-refractivity contribution in [2.75, 3.05) is 0 Å². The van der Waals surface area contributed by atoms with Gasteiger partial charge in [0.05, 0.1) is 0 Å². The van der Waals surface area contributed by atoms with Crippen LogP contribution in [0.25, 0.3) is 10.8 Å². The molecule has 0 saturated heterocycles. The van der Waals surface area contributed by atoms with Gasteiger partial charge in [-0.25, -0.2) is 0 Å².